The van der Waals surface area contributed by atoms with Crippen molar-refractivity contribution in [3.63, 3.8) is 0 Å². The van der Waals surface area contributed by atoms with Crippen LogP contribution in [0.3, 0.4) is 0 Å². The molecular formula is C27H32N4O3. The van der Waals surface area contributed by atoms with Gasteiger partial charge < -0.3 is 19.1 Å². The highest BCUT2D eigenvalue weighted by atomic mass is 16.5. The molecule has 2 fully saturated rings. The van der Waals surface area contributed by atoms with Crippen molar-refractivity contribution in [3.05, 3.63) is 59.9 Å². The molecule has 34 heavy (non-hydrogen) atoms. The van der Waals surface area contributed by atoms with Crippen LogP contribution in [0.2, 0.25) is 0 Å². The number of aromatic nitrogens is 2. The summed E-state index contributed by atoms with van der Waals surface area (Å²) in [5.41, 5.74) is 2.90. The van der Waals surface area contributed by atoms with Crippen molar-refractivity contribution >= 4 is 22.8 Å². The van der Waals surface area contributed by atoms with Gasteiger partial charge in [-0.2, -0.15) is 0 Å². The first-order valence-corrected chi connectivity index (χ1v) is 12.2. The maximum atomic E-state index is 13.3. The smallest absolute Gasteiger partial charge is 0.242 e. The first-order chi connectivity index (χ1) is 16.5. The lowest BCUT2D eigenvalue weighted by Crippen LogP contribution is -2.43. The maximum Gasteiger partial charge on any atom is 0.242 e. The Kier molecular flexibility index (Phi) is 6.26. The summed E-state index contributed by atoms with van der Waals surface area (Å²) in [6.07, 6.45) is 3.71. The van der Waals surface area contributed by atoms with E-state index >= 15 is 0 Å². The van der Waals surface area contributed by atoms with Crippen LogP contribution in [0.4, 0.5) is 0 Å². The Morgan fingerprint density at radius 2 is 1.91 bits per heavy atom. The largest absolute Gasteiger partial charge is 0.497 e. The molecule has 0 aliphatic carbocycles. The van der Waals surface area contributed by atoms with Gasteiger partial charge in [-0.25, -0.2) is 4.98 Å². The normalized spacial score (nSPS) is 20.8. The molecule has 0 radical (unpaired) electrons. The lowest BCUT2D eigenvalue weighted by atomic mass is 10.0. The second kappa shape index (κ2) is 9.49. The van der Waals surface area contributed by atoms with Gasteiger partial charge in [0.15, 0.2) is 0 Å². The van der Waals surface area contributed by atoms with E-state index in [2.05, 4.69) is 6.92 Å². The van der Waals surface area contributed by atoms with E-state index in [9.17, 15) is 9.59 Å². The number of para-hydroxylation sites is 2. The van der Waals surface area contributed by atoms with E-state index in [4.69, 9.17) is 9.72 Å². The number of rotatable bonds is 6. The van der Waals surface area contributed by atoms with Crippen molar-refractivity contribution in [1.82, 2.24) is 19.4 Å². The van der Waals surface area contributed by atoms with Crippen LogP contribution in [0, 0.1) is 0 Å². The summed E-state index contributed by atoms with van der Waals surface area (Å²) >= 11 is 0. The zero-order chi connectivity index (χ0) is 23.7. The quantitative estimate of drug-likeness (QED) is 0.558. The van der Waals surface area contributed by atoms with Gasteiger partial charge in [-0.1, -0.05) is 24.3 Å². The number of hydrogen-bond acceptors (Lipinski definition) is 4. The summed E-state index contributed by atoms with van der Waals surface area (Å²) in [6.45, 7) is 4.38. The molecule has 2 atom stereocenters. The molecule has 0 saturated carbocycles. The van der Waals surface area contributed by atoms with Crippen molar-refractivity contribution in [1.29, 1.82) is 0 Å². The van der Waals surface area contributed by atoms with Crippen LogP contribution in [0.25, 0.3) is 11.0 Å². The van der Waals surface area contributed by atoms with E-state index in [1.165, 1.54) is 6.42 Å². The summed E-state index contributed by atoms with van der Waals surface area (Å²) in [4.78, 5) is 35.0. The zero-order valence-electron chi connectivity index (χ0n) is 19.9. The average molecular weight is 461 g/mol. The molecule has 2 aliphatic rings. The second-order valence-corrected chi connectivity index (χ2v) is 9.50. The minimum absolute atomic E-state index is 0.0373. The number of carbonyl (C=O) groups is 2. The number of piperidine rings is 1. The third kappa shape index (κ3) is 4.39. The van der Waals surface area contributed by atoms with Crippen LogP contribution in [-0.2, 0) is 22.7 Å². The fourth-order valence-electron chi connectivity index (χ4n) is 5.32. The Bertz CT molecular complexity index is 1190. The van der Waals surface area contributed by atoms with Crippen LogP contribution in [0.5, 0.6) is 5.75 Å². The highest BCUT2D eigenvalue weighted by molar-refractivity contribution is 5.83. The summed E-state index contributed by atoms with van der Waals surface area (Å²) < 4.78 is 7.29. The standard InChI is InChI=1S/C27H32N4O3/c1-19-7-5-6-14-30(19)26(33)18-31-24-9-4-3-8-23(24)28-27(31)21-15-25(32)29(17-21)16-20-10-12-22(34-2)13-11-20/h3-4,8-13,19,21H,5-7,14-18H2,1-2H3. The van der Waals surface area contributed by atoms with Crippen molar-refractivity contribution in [3.8, 4) is 5.75 Å². The highest BCUT2D eigenvalue weighted by Crippen LogP contribution is 2.32. The zero-order valence-corrected chi connectivity index (χ0v) is 19.9. The molecule has 3 aromatic rings. The highest BCUT2D eigenvalue weighted by Gasteiger charge is 2.35. The summed E-state index contributed by atoms with van der Waals surface area (Å²) in [5.74, 6) is 1.86. The summed E-state index contributed by atoms with van der Waals surface area (Å²) in [6, 6.07) is 16.0. The van der Waals surface area contributed by atoms with Gasteiger partial charge in [-0.3, -0.25) is 9.59 Å². The Labute approximate surface area is 200 Å². The van der Waals surface area contributed by atoms with E-state index in [0.717, 1.165) is 47.6 Å². The van der Waals surface area contributed by atoms with E-state index in [1.807, 2.05) is 62.9 Å². The Morgan fingerprint density at radius 3 is 2.68 bits per heavy atom. The predicted octanol–water partition coefficient (Wildman–Crippen LogP) is 3.96. The molecule has 5 rings (SSSR count). The van der Waals surface area contributed by atoms with E-state index < -0.39 is 0 Å². The maximum absolute atomic E-state index is 13.3. The Morgan fingerprint density at radius 1 is 1.12 bits per heavy atom. The second-order valence-electron chi connectivity index (χ2n) is 9.50. The fourth-order valence-corrected chi connectivity index (χ4v) is 5.32. The first-order valence-electron chi connectivity index (χ1n) is 12.2. The number of hydrogen-bond donors (Lipinski definition) is 0. The number of amides is 2. The van der Waals surface area contributed by atoms with Crippen LogP contribution >= 0.6 is 0 Å². The number of carbonyl (C=O) groups excluding carboxylic acids is 2. The predicted molar refractivity (Wildman–Crippen MR) is 131 cm³/mol. The summed E-state index contributed by atoms with van der Waals surface area (Å²) in [7, 11) is 1.65. The molecule has 1 aromatic heterocycles. The topological polar surface area (TPSA) is 67.7 Å². The molecule has 2 saturated heterocycles. The third-order valence-electron chi connectivity index (χ3n) is 7.21. The molecule has 0 bridgehead atoms. The Hall–Kier alpha value is -3.35. The molecule has 2 aliphatic heterocycles. The Balaban J connectivity index is 1.38. The molecule has 7 nitrogen and oxygen atoms in total. The monoisotopic (exact) mass is 460 g/mol. The van der Waals surface area contributed by atoms with Crippen LogP contribution in [0.15, 0.2) is 48.5 Å². The van der Waals surface area contributed by atoms with Gasteiger partial charge in [0, 0.05) is 38.0 Å². The van der Waals surface area contributed by atoms with Gasteiger partial charge in [0.2, 0.25) is 11.8 Å². The SMILES string of the molecule is COc1ccc(CN2CC(c3nc4ccccc4n3CC(=O)N3CCCCC3C)CC2=O)cc1. The molecule has 3 heterocycles. The number of benzene rings is 2. The van der Waals surface area contributed by atoms with Gasteiger partial charge in [0.05, 0.1) is 18.1 Å². The van der Waals surface area contributed by atoms with Crippen LogP contribution < -0.4 is 4.74 Å². The molecule has 2 unspecified atom stereocenters. The van der Waals surface area contributed by atoms with Crippen LogP contribution in [0.1, 0.15) is 49.9 Å². The lowest BCUT2D eigenvalue weighted by Gasteiger charge is -2.33. The van der Waals surface area contributed by atoms with Gasteiger partial charge in [-0.15, -0.1) is 0 Å². The van der Waals surface area contributed by atoms with E-state index in [1.54, 1.807) is 7.11 Å². The minimum Gasteiger partial charge on any atom is -0.497 e. The average Bonchev–Trinajstić information content (AvgIpc) is 3.40. The van der Waals surface area contributed by atoms with Gasteiger partial charge >= 0.3 is 0 Å². The fraction of sp³-hybridized carbons (Fsp3) is 0.444. The number of likely N-dealkylation sites (tertiary alicyclic amines) is 2. The number of nitrogens with zero attached hydrogens (tertiary/aromatic N) is 4. The van der Waals surface area contributed by atoms with E-state index in [-0.39, 0.29) is 30.3 Å². The van der Waals surface area contributed by atoms with Gasteiger partial charge in [-0.05, 0) is 56.0 Å². The molecule has 178 valence electrons. The molecule has 0 N–H and O–H groups in total. The minimum atomic E-state index is -0.0373. The molecular weight excluding hydrogens is 428 g/mol. The van der Waals surface area contributed by atoms with Gasteiger partial charge in [0.25, 0.3) is 0 Å². The molecule has 2 amide bonds. The lowest BCUT2D eigenvalue weighted by molar-refractivity contribution is -0.135. The van der Waals surface area contributed by atoms with Crippen molar-refractivity contribution < 1.29 is 14.3 Å². The third-order valence-corrected chi connectivity index (χ3v) is 7.21. The van der Waals surface area contributed by atoms with E-state index in [0.29, 0.717) is 19.5 Å². The van der Waals surface area contributed by atoms with Crippen molar-refractivity contribution in [2.75, 3.05) is 20.2 Å². The van der Waals surface area contributed by atoms with Crippen LogP contribution in [-0.4, -0.2) is 57.4 Å². The number of ether oxygens (including phenoxy) is 1. The number of imidazole rings is 1. The van der Waals surface area contributed by atoms with Crippen molar-refractivity contribution in [2.45, 2.75) is 57.7 Å². The molecule has 0 spiro atoms. The first kappa shape index (κ1) is 22.4. The van der Waals surface area contributed by atoms with Gasteiger partial charge in [0.1, 0.15) is 18.1 Å². The van der Waals surface area contributed by atoms with Crippen molar-refractivity contribution in [2.24, 2.45) is 0 Å². The molecule has 2 aromatic carbocycles. The number of methoxy groups -OCH3 is 1. The summed E-state index contributed by atoms with van der Waals surface area (Å²) in [5, 5.41) is 0. The molecule has 7 heteroatoms. The number of fused-ring (bicyclic) bond motifs is 1.